The molecule has 2 heterocycles. The first-order chi connectivity index (χ1) is 40.6. The summed E-state index contributed by atoms with van der Waals surface area (Å²) in [6.45, 7) is 2.80. The normalized spacial score (nSPS) is 24.0. The van der Waals surface area contributed by atoms with Gasteiger partial charge in [0.2, 0.25) is 5.91 Å². The minimum absolute atomic E-state index is 0.244. The summed E-state index contributed by atoms with van der Waals surface area (Å²) >= 11 is 0. The van der Waals surface area contributed by atoms with Crippen LogP contribution in [0.4, 0.5) is 0 Å². The molecule has 0 aromatic carbocycles. The van der Waals surface area contributed by atoms with Crippen molar-refractivity contribution in [2.75, 3.05) is 19.8 Å². The second-order valence-electron chi connectivity index (χ2n) is 24.7. The van der Waals surface area contributed by atoms with Gasteiger partial charge in [0, 0.05) is 6.42 Å². The number of hydrogen-bond donors (Lipinski definition) is 9. The first-order valence-electron chi connectivity index (χ1n) is 34.7. The van der Waals surface area contributed by atoms with Crippen LogP contribution in [0.2, 0.25) is 0 Å². The highest BCUT2D eigenvalue weighted by Gasteiger charge is 2.51. The molecule has 12 atom stereocenters. The SMILES string of the molecule is CCCCC/C=C\C/C=C\CCCCCCCCCC(=O)NC(COC1OC(CO)C(OC2OC(CO)C(O)C(O)C2O)C(O)C1O)C(O)/C=C/CCCCCCCCCCCCCCCCCCCCCCCCCCCCCCCC. The van der Waals surface area contributed by atoms with E-state index in [0.717, 1.165) is 57.8 Å². The standard InChI is InChI=1S/C69H129NO13/c1-3-5-7-9-11-13-15-17-19-21-22-23-24-25-26-27-28-29-30-31-32-33-34-35-37-38-40-42-44-46-48-50-52-58(73)57(70-61(74)53-51-49-47-45-43-41-39-36-20-18-16-14-12-10-8-6-4-2)56-80-68-66(79)64(77)67(60(55-72)82-68)83-69-65(78)63(76)62(75)59(54-71)81-69/h12,14,18,20,50,52,57-60,62-69,71-73,75-79H,3-11,13,15-17,19,21-49,51,53-56H2,1-2H3,(H,70,74)/b14-12-,20-18-,52-50+. The van der Waals surface area contributed by atoms with Crippen LogP contribution in [0.15, 0.2) is 36.5 Å². The Hall–Kier alpha value is -1.79. The number of amides is 1. The predicted molar refractivity (Wildman–Crippen MR) is 337 cm³/mol. The van der Waals surface area contributed by atoms with Gasteiger partial charge in [0.05, 0.1) is 32.0 Å². The minimum atomic E-state index is -1.79. The largest absolute Gasteiger partial charge is 0.394 e. The van der Waals surface area contributed by atoms with Gasteiger partial charge < -0.3 is 65.1 Å². The average molecular weight is 1180 g/mol. The van der Waals surface area contributed by atoms with E-state index in [4.69, 9.17) is 18.9 Å². The third kappa shape index (κ3) is 39.0. The molecule has 83 heavy (non-hydrogen) atoms. The Morgan fingerprint density at radius 2 is 0.795 bits per heavy atom. The van der Waals surface area contributed by atoms with Gasteiger partial charge in [-0.1, -0.05) is 281 Å². The Kier molecular flexibility index (Phi) is 50.6. The molecule has 0 aliphatic carbocycles. The van der Waals surface area contributed by atoms with Gasteiger partial charge in [0.1, 0.15) is 48.8 Å². The lowest BCUT2D eigenvalue weighted by molar-refractivity contribution is -0.359. The van der Waals surface area contributed by atoms with Crippen LogP contribution in [-0.2, 0) is 23.7 Å². The number of carbonyl (C=O) groups excluding carboxylic acids is 1. The summed E-state index contributed by atoms with van der Waals surface area (Å²) in [6.07, 6.45) is 52.1. The molecular formula is C69H129NO13. The molecule has 2 fully saturated rings. The van der Waals surface area contributed by atoms with E-state index in [1.165, 1.54) is 218 Å². The van der Waals surface area contributed by atoms with Crippen molar-refractivity contribution in [2.24, 2.45) is 0 Å². The third-order valence-electron chi connectivity index (χ3n) is 17.1. The second kappa shape index (κ2) is 54.4. The van der Waals surface area contributed by atoms with E-state index in [1.54, 1.807) is 6.08 Å². The fraction of sp³-hybridized carbons (Fsp3) is 0.899. The highest BCUT2D eigenvalue weighted by atomic mass is 16.7. The van der Waals surface area contributed by atoms with Gasteiger partial charge in [0.25, 0.3) is 0 Å². The number of allylic oxidation sites excluding steroid dienone is 5. The van der Waals surface area contributed by atoms with Crippen LogP contribution < -0.4 is 5.32 Å². The minimum Gasteiger partial charge on any atom is -0.394 e. The van der Waals surface area contributed by atoms with E-state index >= 15 is 0 Å². The molecule has 2 rings (SSSR count). The Morgan fingerprint density at radius 3 is 1.23 bits per heavy atom. The van der Waals surface area contributed by atoms with Crippen LogP contribution in [-0.4, -0.2) is 140 Å². The monoisotopic (exact) mass is 1180 g/mol. The van der Waals surface area contributed by atoms with Crippen LogP contribution in [0.1, 0.15) is 303 Å². The van der Waals surface area contributed by atoms with E-state index in [9.17, 15) is 45.6 Å². The molecule has 2 saturated heterocycles. The van der Waals surface area contributed by atoms with Crippen LogP contribution >= 0.6 is 0 Å². The summed E-state index contributed by atoms with van der Waals surface area (Å²) in [6, 6.07) is -0.920. The molecular weight excluding hydrogens is 1050 g/mol. The van der Waals surface area contributed by atoms with Crippen molar-refractivity contribution in [3.8, 4) is 0 Å². The lowest BCUT2D eigenvalue weighted by Crippen LogP contribution is -2.65. The van der Waals surface area contributed by atoms with Crippen molar-refractivity contribution >= 4 is 5.91 Å². The van der Waals surface area contributed by atoms with E-state index in [-0.39, 0.29) is 18.9 Å². The molecule has 0 radical (unpaired) electrons. The molecule has 0 aromatic rings. The van der Waals surface area contributed by atoms with Gasteiger partial charge in [0.15, 0.2) is 12.6 Å². The van der Waals surface area contributed by atoms with Gasteiger partial charge in [-0.15, -0.1) is 0 Å². The Morgan fingerprint density at radius 1 is 0.434 bits per heavy atom. The summed E-state index contributed by atoms with van der Waals surface area (Å²) in [5.41, 5.74) is 0. The van der Waals surface area contributed by atoms with E-state index in [2.05, 4.69) is 43.5 Å². The molecule has 1 amide bonds. The van der Waals surface area contributed by atoms with Gasteiger partial charge in [-0.3, -0.25) is 4.79 Å². The summed E-state index contributed by atoms with van der Waals surface area (Å²) in [5, 5.41) is 87.3. The van der Waals surface area contributed by atoms with Crippen LogP contribution in [0, 0.1) is 0 Å². The number of nitrogens with one attached hydrogen (secondary N) is 1. The van der Waals surface area contributed by atoms with Crippen LogP contribution in [0.5, 0.6) is 0 Å². The third-order valence-corrected chi connectivity index (χ3v) is 17.1. The highest BCUT2D eigenvalue weighted by molar-refractivity contribution is 5.76. The van der Waals surface area contributed by atoms with Crippen molar-refractivity contribution < 1.29 is 64.6 Å². The number of aliphatic hydroxyl groups excluding tert-OH is 8. The van der Waals surface area contributed by atoms with Gasteiger partial charge in [-0.25, -0.2) is 0 Å². The van der Waals surface area contributed by atoms with Crippen molar-refractivity contribution in [1.29, 1.82) is 0 Å². The lowest BCUT2D eigenvalue weighted by Gasteiger charge is -2.46. The van der Waals surface area contributed by atoms with E-state index < -0.39 is 86.8 Å². The molecule has 12 unspecified atom stereocenters. The zero-order chi connectivity index (χ0) is 60.2. The van der Waals surface area contributed by atoms with Crippen LogP contribution in [0.3, 0.4) is 0 Å². The van der Waals surface area contributed by atoms with Crippen molar-refractivity contribution in [3.63, 3.8) is 0 Å². The van der Waals surface area contributed by atoms with E-state index in [0.29, 0.717) is 6.42 Å². The Bertz CT molecular complexity index is 1530. The summed E-state index contributed by atoms with van der Waals surface area (Å²) in [7, 11) is 0. The van der Waals surface area contributed by atoms with Gasteiger partial charge >= 0.3 is 0 Å². The molecule has 0 spiro atoms. The molecule has 488 valence electrons. The number of hydrogen-bond acceptors (Lipinski definition) is 13. The van der Waals surface area contributed by atoms with Crippen LogP contribution in [0.25, 0.3) is 0 Å². The maximum absolute atomic E-state index is 13.3. The second-order valence-corrected chi connectivity index (χ2v) is 24.7. The molecule has 2 aliphatic rings. The number of rotatable bonds is 57. The molecule has 2 aliphatic heterocycles. The Balaban J connectivity index is 1.66. The summed E-state index contributed by atoms with van der Waals surface area (Å²) in [5.74, 6) is -0.244. The quantitative estimate of drug-likeness (QED) is 0.0204. The van der Waals surface area contributed by atoms with Crippen molar-refractivity contribution in [1.82, 2.24) is 5.32 Å². The molecule has 0 saturated carbocycles. The fourth-order valence-electron chi connectivity index (χ4n) is 11.5. The predicted octanol–water partition coefficient (Wildman–Crippen LogP) is 13.7. The molecule has 0 bridgehead atoms. The molecule has 14 nitrogen and oxygen atoms in total. The first kappa shape index (κ1) is 77.3. The molecule has 14 heteroatoms. The maximum Gasteiger partial charge on any atom is 0.220 e. The van der Waals surface area contributed by atoms with Crippen molar-refractivity contribution in [2.45, 2.75) is 376 Å². The topological polar surface area (TPSA) is 228 Å². The molecule has 9 N–H and O–H groups in total. The summed E-state index contributed by atoms with van der Waals surface area (Å²) < 4.78 is 22.8. The zero-order valence-corrected chi connectivity index (χ0v) is 53.0. The Labute approximate surface area is 506 Å². The smallest absolute Gasteiger partial charge is 0.220 e. The lowest BCUT2D eigenvalue weighted by atomic mass is 9.97. The number of ether oxygens (including phenoxy) is 4. The number of unbranched alkanes of at least 4 members (excludes halogenated alkanes) is 40. The average Bonchev–Trinajstić information content (AvgIpc) is 3.65. The number of aliphatic hydroxyl groups is 8. The van der Waals surface area contributed by atoms with Gasteiger partial charge in [-0.2, -0.15) is 0 Å². The number of carbonyl (C=O) groups is 1. The van der Waals surface area contributed by atoms with E-state index in [1.807, 2.05) is 6.08 Å². The maximum atomic E-state index is 13.3. The highest BCUT2D eigenvalue weighted by Crippen LogP contribution is 2.30. The fourth-order valence-corrected chi connectivity index (χ4v) is 11.5. The van der Waals surface area contributed by atoms with Gasteiger partial charge in [-0.05, 0) is 51.4 Å². The van der Waals surface area contributed by atoms with Crippen molar-refractivity contribution in [3.05, 3.63) is 36.5 Å². The first-order valence-corrected chi connectivity index (χ1v) is 34.7. The zero-order valence-electron chi connectivity index (χ0n) is 53.0. The summed E-state index contributed by atoms with van der Waals surface area (Å²) in [4.78, 5) is 13.3. The molecule has 0 aromatic heterocycles.